The normalized spacial score (nSPS) is 13.2. The van der Waals surface area contributed by atoms with E-state index in [2.05, 4.69) is 0 Å². The van der Waals surface area contributed by atoms with Crippen LogP contribution in [0, 0.1) is 0 Å². The van der Waals surface area contributed by atoms with Gasteiger partial charge in [0.2, 0.25) is 10.0 Å². The minimum absolute atomic E-state index is 0.104. The van der Waals surface area contributed by atoms with Gasteiger partial charge in [0.15, 0.2) is 0 Å². The van der Waals surface area contributed by atoms with E-state index in [1.807, 2.05) is 0 Å². The fourth-order valence-electron chi connectivity index (χ4n) is 1.95. The lowest BCUT2D eigenvalue weighted by molar-refractivity contribution is -0.138. The van der Waals surface area contributed by atoms with Crippen LogP contribution in [0.3, 0.4) is 0 Å². The predicted molar refractivity (Wildman–Crippen MR) is 77.4 cm³/mol. The van der Waals surface area contributed by atoms with Crippen LogP contribution >= 0.6 is 0 Å². The number of sulfonamides is 1. The van der Waals surface area contributed by atoms with Crippen molar-refractivity contribution in [3.05, 3.63) is 24.3 Å². The van der Waals surface area contributed by atoms with Gasteiger partial charge in [-0.2, -0.15) is 0 Å². The van der Waals surface area contributed by atoms with Crippen molar-refractivity contribution >= 4 is 21.7 Å². The number of benzene rings is 1. The summed E-state index contributed by atoms with van der Waals surface area (Å²) in [5.41, 5.74) is 0.385. The maximum atomic E-state index is 12.3. The minimum atomic E-state index is -3.62. The van der Waals surface area contributed by atoms with Crippen molar-refractivity contribution in [1.82, 2.24) is 4.31 Å². The molecule has 6 nitrogen and oxygen atoms in total. The summed E-state index contributed by atoms with van der Waals surface area (Å²) < 4.78 is 25.7. The highest BCUT2D eigenvalue weighted by molar-refractivity contribution is 7.89. The van der Waals surface area contributed by atoms with E-state index >= 15 is 0 Å². The number of carbonyl (C=O) groups is 1. The fourth-order valence-corrected chi connectivity index (χ4v) is 3.07. The quantitative estimate of drug-likeness (QED) is 0.855. The summed E-state index contributed by atoms with van der Waals surface area (Å²) in [4.78, 5) is 12.8. The number of carboxylic acid groups (broad SMARTS) is 1. The molecule has 1 aromatic rings. The standard InChI is InChI=1S/C13H20N2O4S/c1-5-10(13(16)17)15(4)11-8-6-7-9-12(11)20(18,19)14(2)3/h6-10H,5H2,1-4H3,(H,16,17). The van der Waals surface area contributed by atoms with E-state index < -0.39 is 22.0 Å². The van der Waals surface area contributed by atoms with E-state index in [0.29, 0.717) is 12.1 Å². The summed E-state index contributed by atoms with van der Waals surface area (Å²) in [5.74, 6) is -0.980. The van der Waals surface area contributed by atoms with Crippen LogP contribution < -0.4 is 4.90 Å². The van der Waals surface area contributed by atoms with E-state index in [9.17, 15) is 18.3 Å². The van der Waals surface area contributed by atoms with Crippen LogP contribution in [0.4, 0.5) is 5.69 Å². The van der Waals surface area contributed by atoms with Crippen molar-refractivity contribution < 1.29 is 18.3 Å². The van der Waals surface area contributed by atoms with Crippen LogP contribution in [0.25, 0.3) is 0 Å². The Hall–Kier alpha value is -1.60. The van der Waals surface area contributed by atoms with Crippen LogP contribution in [0.5, 0.6) is 0 Å². The summed E-state index contributed by atoms with van der Waals surface area (Å²) >= 11 is 0. The van der Waals surface area contributed by atoms with E-state index in [1.165, 1.54) is 25.1 Å². The van der Waals surface area contributed by atoms with Gasteiger partial charge in [-0.1, -0.05) is 19.1 Å². The molecule has 0 saturated heterocycles. The zero-order valence-corrected chi connectivity index (χ0v) is 12.9. The maximum absolute atomic E-state index is 12.3. The first kappa shape index (κ1) is 16.5. The lowest BCUT2D eigenvalue weighted by Crippen LogP contribution is -2.39. The Morgan fingerprint density at radius 3 is 2.25 bits per heavy atom. The van der Waals surface area contributed by atoms with Gasteiger partial charge in [0, 0.05) is 21.1 Å². The second-order valence-electron chi connectivity index (χ2n) is 4.63. The van der Waals surface area contributed by atoms with Gasteiger partial charge in [-0.05, 0) is 18.6 Å². The van der Waals surface area contributed by atoms with Gasteiger partial charge in [0.05, 0.1) is 5.69 Å². The molecule has 1 atom stereocenters. The predicted octanol–water partition coefficient (Wildman–Crippen LogP) is 1.24. The molecule has 0 aliphatic rings. The molecule has 1 unspecified atom stereocenters. The number of nitrogens with zero attached hydrogens (tertiary/aromatic N) is 2. The Morgan fingerprint density at radius 2 is 1.80 bits per heavy atom. The molecule has 0 aliphatic carbocycles. The SMILES string of the molecule is CCC(C(=O)O)N(C)c1ccccc1S(=O)(=O)N(C)C. The monoisotopic (exact) mass is 300 g/mol. The molecule has 0 aromatic heterocycles. The molecular weight excluding hydrogens is 280 g/mol. The highest BCUT2D eigenvalue weighted by atomic mass is 32.2. The molecule has 0 fully saturated rings. The van der Waals surface area contributed by atoms with Crippen LogP contribution in [0.15, 0.2) is 29.2 Å². The highest BCUT2D eigenvalue weighted by Crippen LogP contribution is 2.27. The van der Waals surface area contributed by atoms with Crippen LogP contribution in [0.1, 0.15) is 13.3 Å². The molecule has 112 valence electrons. The number of rotatable bonds is 6. The summed E-state index contributed by atoms with van der Waals surface area (Å²) in [5, 5.41) is 9.21. The smallest absolute Gasteiger partial charge is 0.326 e. The lowest BCUT2D eigenvalue weighted by Gasteiger charge is -2.28. The van der Waals surface area contributed by atoms with Gasteiger partial charge in [-0.25, -0.2) is 17.5 Å². The van der Waals surface area contributed by atoms with Gasteiger partial charge in [-0.3, -0.25) is 0 Å². The third-order valence-electron chi connectivity index (χ3n) is 3.14. The number of hydrogen-bond donors (Lipinski definition) is 1. The topological polar surface area (TPSA) is 77.9 Å². The van der Waals surface area contributed by atoms with Crippen molar-refractivity contribution in [1.29, 1.82) is 0 Å². The Bertz CT molecular complexity index is 584. The van der Waals surface area contributed by atoms with Crippen LogP contribution in [-0.4, -0.2) is 51.0 Å². The third kappa shape index (κ3) is 3.10. The highest BCUT2D eigenvalue weighted by Gasteiger charge is 2.27. The van der Waals surface area contributed by atoms with Crippen molar-refractivity contribution in [3.8, 4) is 0 Å². The van der Waals surface area contributed by atoms with Gasteiger partial charge in [0.25, 0.3) is 0 Å². The van der Waals surface area contributed by atoms with Crippen LogP contribution in [-0.2, 0) is 14.8 Å². The first-order chi connectivity index (χ1) is 9.23. The Labute approximate surface area is 119 Å². The second-order valence-corrected chi connectivity index (χ2v) is 6.75. The summed E-state index contributed by atoms with van der Waals surface area (Å²) in [7, 11) is 0.858. The van der Waals surface area contributed by atoms with Crippen LogP contribution in [0.2, 0.25) is 0 Å². The zero-order valence-electron chi connectivity index (χ0n) is 12.1. The maximum Gasteiger partial charge on any atom is 0.326 e. The molecule has 0 radical (unpaired) electrons. The molecule has 0 amide bonds. The second kappa shape index (κ2) is 6.23. The van der Waals surface area contributed by atoms with Gasteiger partial charge >= 0.3 is 5.97 Å². The molecule has 20 heavy (non-hydrogen) atoms. The van der Waals surface area contributed by atoms with Crippen molar-refractivity contribution in [3.63, 3.8) is 0 Å². The van der Waals surface area contributed by atoms with Crippen molar-refractivity contribution in [2.24, 2.45) is 0 Å². The van der Waals surface area contributed by atoms with E-state index in [-0.39, 0.29) is 4.90 Å². The van der Waals surface area contributed by atoms with Gasteiger partial charge < -0.3 is 10.0 Å². The minimum Gasteiger partial charge on any atom is -0.480 e. The molecule has 0 aliphatic heterocycles. The molecule has 1 rings (SSSR count). The summed E-state index contributed by atoms with van der Waals surface area (Å²) in [6.07, 6.45) is 0.377. The van der Waals surface area contributed by atoms with Gasteiger partial charge in [0.1, 0.15) is 10.9 Å². The van der Waals surface area contributed by atoms with E-state index in [4.69, 9.17) is 0 Å². The molecule has 0 saturated carbocycles. The lowest BCUT2D eigenvalue weighted by atomic mass is 10.2. The zero-order chi connectivity index (χ0) is 15.5. The summed E-state index contributed by atoms with van der Waals surface area (Å²) in [6.45, 7) is 1.75. The molecular formula is C13H20N2O4S. The first-order valence-electron chi connectivity index (χ1n) is 6.20. The Kier molecular flexibility index (Phi) is 5.13. The number of carboxylic acids is 1. The number of likely N-dealkylation sites (N-methyl/N-ethyl adjacent to an activating group) is 1. The number of hydrogen-bond acceptors (Lipinski definition) is 4. The first-order valence-corrected chi connectivity index (χ1v) is 7.64. The van der Waals surface area contributed by atoms with Crippen molar-refractivity contribution in [2.75, 3.05) is 26.0 Å². The number of anilines is 1. The fraction of sp³-hybridized carbons (Fsp3) is 0.462. The molecule has 0 heterocycles. The Morgan fingerprint density at radius 1 is 1.25 bits per heavy atom. The number of para-hydroxylation sites is 1. The molecule has 1 N–H and O–H groups in total. The van der Waals surface area contributed by atoms with Gasteiger partial charge in [-0.15, -0.1) is 0 Å². The summed E-state index contributed by atoms with van der Waals surface area (Å²) in [6, 6.07) is 5.64. The molecule has 1 aromatic carbocycles. The average molecular weight is 300 g/mol. The van der Waals surface area contributed by atoms with E-state index in [1.54, 1.807) is 32.2 Å². The molecule has 0 bridgehead atoms. The third-order valence-corrected chi connectivity index (χ3v) is 5.01. The van der Waals surface area contributed by atoms with Crippen molar-refractivity contribution in [2.45, 2.75) is 24.3 Å². The molecule has 0 spiro atoms. The number of aliphatic carboxylic acids is 1. The Balaban J connectivity index is 3.37. The molecule has 7 heteroatoms. The largest absolute Gasteiger partial charge is 0.480 e. The van der Waals surface area contributed by atoms with E-state index in [0.717, 1.165) is 4.31 Å². The average Bonchev–Trinajstić information content (AvgIpc) is 2.38.